The fraction of sp³-hybridized carbons (Fsp3) is 0.290. The van der Waals surface area contributed by atoms with Crippen molar-refractivity contribution in [2.75, 3.05) is 27.2 Å². The van der Waals surface area contributed by atoms with Gasteiger partial charge in [-0.05, 0) is 63.0 Å². The van der Waals surface area contributed by atoms with Crippen LogP contribution in [-0.2, 0) is 16.1 Å². The summed E-state index contributed by atoms with van der Waals surface area (Å²) >= 11 is 13.9. The van der Waals surface area contributed by atoms with Crippen LogP contribution in [0.5, 0.6) is 0 Å². The fourth-order valence-electron chi connectivity index (χ4n) is 5.25. The van der Waals surface area contributed by atoms with Gasteiger partial charge in [0.25, 0.3) is 0 Å². The first-order chi connectivity index (χ1) is 19.2. The predicted octanol–water partition coefficient (Wildman–Crippen LogP) is 6.47. The average Bonchev–Trinajstić information content (AvgIpc) is 3.44. The first-order valence-electron chi connectivity index (χ1n) is 13.2. The Balaban J connectivity index is 1.65. The molecule has 2 atom stereocenters. The number of halogens is 2. The lowest BCUT2D eigenvalue weighted by Crippen LogP contribution is -2.49. The number of thioether (sulfide) groups is 1. The smallest absolute Gasteiger partial charge is 0.239 e. The van der Waals surface area contributed by atoms with Crippen LogP contribution in [-0.4, -0.2) is 58.5 Å². The molecule has 2 amide bonds. The Morgan fingerprint density at radius 2 is 1.77 bits per heavy atom. The summed E-state index contributed by atoms with van der Waals surface area (Å²) < 4.78 is -1.11. The van der Waals surface area contributed by atoms with Crippen molar-refractivity contribution >= 4 is 57.7 Å². The standard InChI is InChI=1S/C31H32Cl2N4O2S/c1-20-4-11-24(12-5-20)40-31(30(39)34-14-15-36(2)3)17-28(38)37(19-21-6-8-22(32)9-7-21)29(31)26-18-35-27-16-23(33)10-13-25(26)27/h4-13,16,18,29,35H,14-15,17,19H2,1-3H3,(H,34,39). The molecule has 2 heterocycles. The van der Waals surface area contributed by atoms with Crippen molar-refractivity contribution in [1.82, 2.24) is 20.1 Å². The van der Waals surface area contributed by atoms with Crippen molar-refractivity contribution in [3.05, 3.63) is 99.7 Å². The van der Waals surface area contributed by atoms with E-state index in [2.05, 4.69) is 10.3 Å². The van der Waals surface area contributed by atoms with Crippen LogP contribution in [0.3, 0.4) is 0 Å². The molecule has 208 valence electrons. The van der Waals surface area contributed by atoms with E-state index in [1.54, 1.807) is 0 Å². The number of carbonyl (C=O) groups is 2. The molecule has 1 saturated heterocycles. The Morgan fingerprint density at radius 1 is 1.07 bits per heavy atom. The minimum absolute atomic E-state index is 0.0673. The summed E-state index contributed by atoms with van der Waals surface area (Å²) in [5.74, 6) is -0.231. The number of hydrogen-bond acceptors (Lipinski definition) is 4. The van der Waals surface area contributed by atoms with Gasteiger partial charge in [0.1, 0.15) is 4.75 Å². The third kappa shape index (κ3) is 5.88. The summed E-state index contributed by atoms with van der Waals surface area (Å²) in [7, 11) is 3.94. The van der Waals surface area contributed by atoms with Gasteiger partial charge in [-0.2, -0.15) is 0 Å². The predicted molar refractivity (Wildman–Crippen MR) is 164 cm³/mol. The molecule has 2 unspecified atom stereocenters. The van der Waals surface area contributed by atoms with Crippen LogP contribution in [0, 0.1) is 6.92 Å². The maximum atomic E-state index is 14.3. The monoisotopic (exact) mass is 594 g/mol. The van der Waals surface area contributed by atoms with Crippen LogP contribution in [0.15, 0.2) is 77.8 Å². The Labute approximate surface area is 249 Å². The van der Waals surface area contributed by atoms with E-state index in [4.69, 9.17) is 23.2 Å². The summed E-state index contributed by atoms with van der Waals surface area (Å²) in [4.78, 5) is 36.4. The lowest BCUT2D eigenvalue weighted by Gasteiger charge is -2.36. The van der Waals surface area contributed by atoms with Gasteiger partial charge < -0.3 is 20.1 Å². The van der Waals surface area contributed by atoms with Crippen molar-refractivity contribution in [3.8, 4) is 0 Å². The molecule has 1 aromatic heterocycles. The number of rotatable bonds is 9. The minimum Gasteiger partial charge on any atom is -0.361 e. The third-order valence-electron chi connectivity index (χ3n) is 7.27. The van der Waals surface area contributed by atoms with E-state index in [0.29, 0.717) is 29.7 Å². The molecule has 0 saturated carbocycles. The zero-order valence-corrected chi connectivity index (χ0v) is 25.0. The van der Waals surface area contributed by atoms with Gasteiger partial charge in [0.15, 0.2) is 0 Å². The molecule has 0 aliphatic carbocycles. The van der Waals surface area contributed by atoms with E-state index in [1.165, 1.54) is 11.8 Å². The molecule has 5 rings (SSSR count). The van der Waals surface area contributed by atoms with Crippen molar-refractivity contribution in [2.45, 2.75) is 35.6 Å². The van der Waals surface area contributed by atoms with Gasteiger partial charge in [-0.3, -0.25) is 9.59 Å². The van der Waals surface area contributed by atoms with Crippen molar-refractivity contribution < 1.29 is 9.59 Å². The number of amides is 2. The first-order valence-corrected chi connectivity index (χ1v) is 14.7. The van der Waals surface area contributed by atoms with Crippen LogP contribution in [0.25, 0.3) is 10.9 Å². The number of aromatic amines is 1. The Morgan fingerprint density at radius 3 is 2.48 bits per heavy atom. The van der Waals surface area contributed by atoms with Crippen LogP contribution >= 0.6 is 35.0 Å². The molecule has 6 nitrogen and oxygen atoms in total. The van der Waals surface area contributed by atoms with Gasteiger partial charge in [0.2, 0.25) is 11.8 Å². The summed E-state index contributed by atoms with van der Waals surface area (Å²) in [6.07, 6.45) is 1.98. The highest BCUT2D eigenvalue weighted by molar-refractivity contribution is 8.01. The van der Waals surface area contributed by atoms with E-state index >= 15 is 0 Å². The minimum atomic E-state index is -1.11. The molecular weight excluding hydrogens is 563 g/mol. The summed E-state index contributed by atoms with van der Waals surface area (Å²) in [5.41, 5.74) is 3.81. The number of benzene rings is 3. The summed E-state index contributed by atoms with van der Waals surface area (Å²) in [6.45, 7) is 3.55. The molecular formula is C31H32Cl2N4O2S. The number of fused-ring (bicyclic) bond motifs is 1. The van der Waals surface area contributed by atoms with E-state index in [9.17, 15) is 9.59 Å². The maximum Gasteiger partial charge on any atom is 0.239 e. The SMILES string of the molecule is Cc1ccc(SC2(C(=O)NCCN(C)C)CC(=O)N(Cc3ccc(Cl)cc3)C2c2c[nH]c3cc(Cl)ccc23)cc1. The second-order valence-corrected chi connectivity index (χ2v) is 12.8. The highest BCUT2D eigenvalue weighted by Crippen LogP contribution is 2.54. The lowest BCUT2D eigenvalue weighted by atomic mass is 9.91. The number of aryl methyl sites for hydroxylation is 1. The van der Waals surface area contributed by atoms with E-state index < -0.39 is 10.8 Å². The topological polar surface area (TPSA) is 68.4 Å². The Kier molecular flexibility index (Phi) is 8.47. The second kappa shape index (κ2) is 11.9. The van der Waals surface area contributed by atoms with Crippen LogP contribution in [0.4, 0.5) is 0 Å². The van der Waals surface area contributed by atoms with Crippen LogP contribution in [0.1, 0.15) is 29.2 Å². The molecule has 1 aliphatic heterocycles. The highest BCUT2D eigenvalue weighted by atomic mass is 35.5. The lowest BCUT2D eigenvalue weighted by molar-refractivity contribution is -0.129. The number of likely N-dealkylation sites (N-methyl/N-ethyl adjacent to an activating group) is 1. The van der Waals surface area contributed by atoms with Gasteiger partial charge in [0.05, 0.1) is 12.5 Å². The molecule has 0 spiro atoms. The van der Waals surface area contributed by atoms with Crippen LogP contribution in [0.2, 0.25) is 10.0 Å². The number of carbonyl (C=O) groups excluding carboxylic acids is 2. The molecule has 2 N–H and O–H groups in total. The Bertz CT molecular complexity index is 1520. The molecule has 1 aliphatic rings. The number of nitrogens with zero attached hydrogens (tertiary/aromatic N) is 2. The van der Waals surface area contributed by atoms with Gasteiger partial charge in [-0.1, -0.05) is 59.1 Å². The number of likely N-dealkylation sites (tertiary alicyclic amines) is 1. The zero-order chi connectivity index (χ0) is 28.4. The first kappa shape index (κ1) is 28.6. The summed E-state index contributed by atoms with van der Waals surface area (Å²) in [6, 6.07) is 20.7. The van der Waals surface area contributed by atoms with E-state index in [0.717, 1.165) is 32.5 Å². The molecule has 3 aromatic carbocycles. The Hall–Kier alpha value is -2.97. The van der Waals surface area contributed by atoms with Crippen molar-refractivity contribution in [3.63, 3.8) is 0 Å². The van der Waals surface area contributed by atoms with Gasteiger partial charge in [-0.15, -0.1) is 11.8 Å². The second-order valence-electron chi connectivity index (χ2n) is 10.5. The molecule has 0 radical (unpaired) electrons. The molecule has 40 heavy (non-hydrogen) atoms. The highest BCUT2D eigenvalue weighted by Gasteiger charge is 2.58. The number of hydrogen-bond donors (Lipinski definition) is 2. The molecule has 4 aromatic rings. The summed E-state index contributed by atoms with van der Waals surface area (Å²) in [5, 5.41) is 5.34. The normalized spacial score (nSPS) is 19.1. The number of H-pyrrole nitrogens is 1. The molecule has 9 heteroatoms. The number of aromatic nitrogens is 1. The van der Waals surface area contributed by atoms with Crippen molar-refractivity contribution in [2.24, 2.45) is 0 Å². The van der Waals surface area contributed by atoms with Crippen molar-refractivity contribution in [1.29, 1.82) is 0 Å². The fourth-order valence-corrected chi connectivity index (χ4v) is 6.97. The third-order valence-corrected chi connectivity index (χ3v) is 9.19. The maximum absolute atomic E-state index is 14.3. The average molecular weight is 596 g/mol. The van der Waals surface area contributed by atoms with E-state index in [1.807, 2.05) is 104 Å². The molecule has 1 fully saturated rings. The number of nitrogens with one attached hydrogen (secondary N) is 2. The molecule has 0 bridgehead atoms. The van der Waals surface area contributed by atoms with Crippen LogP contribution < -0.4 is 5.32 Å². The van der Waals surface area contributed by atoms with Gasteiger partial charge in [0, 0.05) is 57.2 Å². The quantitative estimate of drug-likeness (QED) is 0.233. The van der Waals surface area contributed by atoms with Gasteiger partial charge in [-0.25, -0.2) is 0 Å². The van der Waals surface area contributed by atoms with E-state index in [-0.39, 0.29) is 18.2 Å². The largest absolute Gasteiger partial charge is 0.361 e. The van der Waals surface area contributed by atoms with Gasteiger partial charge >= 0.3 is 0 Å². The zero-order valence-electron chi connectivity index (χ0n) is 22.7.